The van der Waals surface area contributed by atoms with E-state index in [4.69, 9.17) is 19.9 Å². The Hall–Kier alpha value is -3.36. The first-order valence-corrected chi connectivity index (χ1v) is 16.7. The van der Waals surface area contributed by atoms with Crippen LogP contribution in [0.25, 0.3) is 0 Å². The number of amides is 3. The molecule has 0 saturated carbocycles. The van der Waals surface area contributed by atoms with Crippen LogP contribution in [0, 0.1) is 0 Å². The molecule has 0 heterocycles. The summed E-state index contributed by atoms with van der Waals surface area (Å²) < 4.78 is 15.2. The van der Waals surface area contributed by atoms with Crippen molar-refractivity contribution in [2.24, 2.45) is 5.73 Å². The summed E-state index contributed by atoms with van der Waals surface area (Å²) >= 11 is 1.58. The summed E-state index contributed by atoms with van der Waals surface area (Å²) in [5.74, 6) is -1.12. The normalized spacial score (nSPS) is 13.8. The van der Waals surface area contributed by atoms with E-state index in [0.717, 1.165) is 5.75 Å². The van der Waals surface area contributed by atoms with Gasteiger partial charge in [-0.25, -0.2) is 4.79 Å². The average Bonchev–Trinajstić information content (AvgIpc) is 3.00. The summed E-state index contributed by atoms with van der Waals surface area (Å²) in [4.78, 5) is 62.5. The number of para-hydroxylation sites is 1. The molecule has 0 aliphatic rings. The number of aliphatic hydroxyl groups is 1. The number of carbonyl (C=O) groups is 5. The number of nitrogens with one attached hydrogen (secondary N) is 3. The fourth-order valence-electron chi connectivity index (χ4n) is 4.31. The molecule has 0 bridgehead atoms. The fraction of sp³-hybridized carbons (Fsp3) is 0.656. The molecule has 0 saturated heterocycles. The van der Waals surface area contributed by atoms with Gasteiger partial charge in [0.1, 0.15) is 23.9 Å². The van der Waals surface area contributed by atoms with Gasteiger partial charge < -0.3 is 41.0 Å². The van der Waals surface area contributed by atoms with Crippen LogP contribution in [0.3, 0.4) is 0 Å². The molecule has 6 N–H and O–H groups in total. The highest BCUT2D eigenvalue weighted by molar-refractivity contribution is 8.00. The van der Waals surface area contributed by atoms with E-state index in [9.17, 15) is 29.1 Å². The zero-order valence-electron chi connectivity index (χ0n) is 27.7. The number of aliphatic hydroxyl groups excluding tert-OH is 1. The second-order valence-corrected chi connectivity index (χ2v) is 13.1. The van der Waals surface area contributed by atoms with E-state index in [0.29, 0.717) is 31.6 Å². The van der Waals surface area contributed by atoms with E-state index in [1.807, 2.05) is 44.2 Å². The standard InChI is InChI=1S/C32H52N4O9S/c1-6-43-30(41)25(33)15-11-12-23(21-37)35-27(38)17-16-26(31(42)44-7-2)36-29(40)22(3)34-28(39)20-32(4,5)46-19-18-45-24-13-9-8-10-14-24/h8-10,13-14,22-23,25-26,37H,6-7,11-12,15-21,33H2,1-5H3,(H,34,39)(H,35,38)(H,36,40). The molecule has 0 spiro atoms. The van der Waals surface area contributed by atoms with Crippen LogP contribution in [0.1, 0.15) is 73.1 Å². The van der Waals surface area contributed by atoms with Crippen molar-refractivity contribution >= 4 is 41.4 Å². The average molecular weight is 669 g/mol. The van der Waals surface area contributed by atoms with Gasteiger partial charge in [0.2, 0.25) is 17.7 Å². The van der Waals surface area contributed by atoms with E-state index in [2.05, 4.69) is 16.0 Å². The number of benzene rings is 1. The predicted octanol–water partition coefficient (Wildman–Crippen LogP) is 1.84. The first-order chi connectivity index (χ1) is 21.8. The monoisotopic (exact) mass is 668 g/mol. The van der Waals surface area contributed by atoms with E-state index in [1.54, 1.807) is 25.6 Å². The minimum absolute atomic E-state index is 0.0579. The second-order valence-electron chi connectivity index (χ2n) is 11.3. The summed E-state index contributed by atoms with van der Waals surface area (Å²) in [7, 11) is 0. The molecule has 14 heteroatoms. The van der Waals surface area contributed by atoms with Gasteiger partial charge in [-0.05, 0) is 58.6 Å². The highest BCUT2D eigenvalue weighted by atomic mass is 32.2. The van der Waals surface area contributed by atoms with Crippen LogP contribution in [-0.4, -0.2) is 95.9 Å². The molecule has 0 aliphatic heterocycles. The molecule has 0 radical (unpaired) electrons. The van der Waals surface area contributed by atoms with Gasteiger partial charge in [0.25, 0.3) is 0 Å². The number of carbonyl (C=O) groups excluding carboxylic acids is 5. The lowest BCUT2D eigenvalue weighted by Gasteiger charge is -2.25. The van der Waals surface area contributed by atoms with Crippen molar-refractivity contribution in [2.75, 3.05) is 32.2 Å². The Morgan fingerprint density at radius 3 is 2.20 bits per heavy atom. The molecule has 1 rings (SSSR count). The third kappa shape index (κ3) is 17.4. The van der Waals surface area contributed by atoms with E-state index in [1.165, 1.54) is 6.92 Å². The number of esters is 2. The Morgan fingerprint density at radius 1 is 0.913 bits per heavy atom. The zero-order valence-corrected chi connectivity index (χ0v) is 28.5. The predicted molar refractivity (Wildman–Crippen MR) is 176 cm³/mol. The molecule has 1 aromatic carbocycles. The van der Waals surface area contributed by atoms with Crippen LogP contribution in [0.4, 0.5) is 0 Å². The van der Waals surface area contributed by atoms with Crippen molar-refractivity contribution in [3.63, 3.8) is 0 Å². The van der Waals surface area contributed by atoms with Gasteiger partial charge in [0.05, 0.1) is 32.5 Å². The third-order valence-corrected chi connectivity index (χ3v) is 8.03. The second kappa shape index (κ2) is 22.2. The maximum Gasteiger partial charge on any atom is 0.328 e. The third-order valence-electron chi connectivity index (χ3n) is 6.74. The maximum absolute atomic E-state index is 12.9. The summed E-state index contributed by atoms with van der Waals surface area (Å²) in [6.45, 7) is 9.16. The Bertz CT molecular complexity index is 1090. The van der Waals surface area contributed by atoms with Gasteiger partial charge in [0.15, 0.2) is 0 Å². The number of hydrogen-bond acceptors (Lipinski definition) is 11. The lowest BCUT2D eigenvalue weighted by atomic mass is 10.1. The highest BCUT2D eigenvalue weighted by Gasteiger charge is 2.28. The molecule has 260 valence electrons. The van der Waals surface area contributed by atoms with Crippen molar-refractivity contribution < 1.29 is 43.3 Å². The van der Waals surface area contributed by atoms with Crippen molar-refractivity contribution in [2.45, 2.75) is 102 Å². The van der Waals surface area contributed by atoms with Crippen molar-refractivity contribution in [1.29, 1.82) is 0 Å². The summed E-state index contributed by atoms with van der Waals surface area (Å²) in [5.41, 5.74) is 5.79. The Kier molecular flexibility index (Phi) is 19.6. The summed E-state index contributed by atoms with van der Waals surface area (Å²) in [6.07, 6.45) is 1.14. The quantitative estimate of drug-likeness (QED) is 0.0843. The number of ether oxygens (including phenoxy) is 3. The lowest BCUT2D eigenvalue weighted by molar-refractivity contribution is -0.148. The van der Waals surface area contributed by atoms with Crippen LogP contribution in [0.2, 0.25) is 0 Å². The zero-order chi connectivity index (χ0) is 34.5. The molecule has 4 unspecified atom stereocenters. The van der Waals surface area contributed by atoms with Crippen LogP contribution >= 0.6 is 11.8 Å². The molecule has 0 aliphatic carbocycles. The number of rotatable bonds is 23. The van der Waals surface area contributed by atoms with E-state index >= 15 is 0 Å². The van der Waals surface area contributed by atoms with Gasteiger partial charge in [0, 0.05) is 23.3 Å². The molecular weight excluding hydrogens is 616 g/mol. The van der Waals surface area contributed by atoms with Crippen molar-refractivity contribution in [1.82, 2.24) is 16.0 Å². The van der Waals surface area contributed by atoms with Gasteiger partial charge in [-0.3, -0.25) is 19.2 Å². The van der Waals surface area contributed by atoms with Gasteiger partial charge in [-0.2, -0.15) is 11.8 Å². The van der Waals surface area contributed by atoms with E-state index in [-0.39, 0.29) is 45.0 Å². The van der Waals surface area contributed by atoms with Gasteiger partial charge in [-0.15, -0.1) is 0 Å². The van der Waals surface area contributed by atoms with Gasteiger partial charge >= 0.3 is 11.9 Å². The number of thioether (sulfide) groups is 1. The Balaban J connectivity index is 2.55. The van der Waals surface area contributed by atoms with Crippen LogP contribution < -0.4 is 26.4 Å². The maximum atomic E-state index is 12.9. The SMILES string of the molecule is CCOC(=O)C(N)CCCC(CO)NC(=O)CCC(NC(=O)C(C)NC(=O)CC(C)(C)SCCOc1ccccc1)C(=O)OCC. The fourth-order valence-corrected chi connectivity index (χ4v) is 5.27. The smallest absolute Gasteiger partial charge is 0.328 e. The molecule has 46 heavy (non-hydrogen) atoms. The van der Waals surface area contributed by atoms with Crippen LogP contribution in [-0.2, 0) is 33.4 Å². The number of nitrogens with two attached hydrogens (primary N) is 1. The molecule has 4 atom stereocenters. The van der Waals surface area contributed by atoms with Crippen molar-refractivity contribution in [3.05, 3.63) is 30.3 Å². The first kappa shape index (κ1) is 40.7. The van der Waals surface area contributed by atoms with Gasteiger partial charge in [-0.1, -0.05) is 32.0 Å². The minimum atomic E-state index is -1.12. The lowest BCUT2D eigenvalue weighted by Crippen LogP contribution is -2.51. The molecule has 0 aromatic heterocycles. The first-order valence-electron chi connectivity index (χ1n) is 15.7. The van der Waals surface area contributed by atoms with Crippen LogP contribution in [0.15, 0.2) is 30.3 Å². The Labute approximate surface area is 276 Å². The summed E-state index contributed by atoms with van der Waals surface area (Å²) in [6, 6.07) is 6.02. The van der Waals surface area contributed by atoms with Crippen molar-refractivity contribution in [3.8, 4) is 5.75 Å². The minimum Gasteiger partial charge on any atom is -0.493 e. The molecule has 1 aromatic rings. The van der Waals surface area contributed by atoms with Crippen LogP contribution in [0.5, 0.6) is 5.75 Å². The number of hydrogen-bond donors (Lipinski definition) is 5. The Morgan fingerprint density at radius 2 is 1.57 bits per heavy atom. The highest BCUT2D eigenvalue weighted by Crippen LogP contribution is 2.28. The van der Waals surface area contributed by atoms with E-state index < -0.39 is 52.7 Å². The molecular formula is C32H52N4O9S. The molecule has 0 fully saturated rings. The largest absolute Gasteiger partial charge is 0.493 e. The topological polar surface area (TPSA) is 195 Å². The molecule has 13 nitrogen and oxygen atoms in total. The molecule has 3 amide bonds. The summed E-state index contributed by atoms with van der Waals surface area (Å²) in [5, 5.41) is 17.6.